The van der Waals surface area contributed by atoms with E-state index >= 15 is 0 Å². The average Bonchev–Trinajstić information content (AvgIpc) is 1.84. The molecule has 0 heterocycles. The van der Waals surface area contributed by atoms with Gasteiger partial charge in [0, 0.05) is 11.6 Å². The first-order chi connectivity index (χ1) is 4.61. The fourth-order valence-corrected chi connectivity index (χ4v) is 2.27. The third-order valence-electron chi connectivity index (χ3n) is 1.04. The van der Waals surface area contributed by atoms with Crippen molar-refractivity contribution in [3.63, 3.8) is 0 Å². The second-order valence-electron chi connectivity index (χ2n) is 1.79. The van der Waals surface area contributed by atoms with Gasteiger partial charge in [-0.1, -0.05) is 11.5 Å². The molecule has 0 saturated heterocycles. The first kappa shape index (κ1) is 9.31. The monoisotopic (exact) mass is 418 g/mol. The van der Waals surface area contributed by atoms with E-state index in [0.29, 0.717) is 0 Å². The van der Waals surface area contributed by atoms with E-state index in [4.69, 9.17) is 7.85 Å². The number of rotatable bonds is 0. The fourth-order valence-electron chi connectivity index (χ4n) is 0.538. The molecule has 0 aliphatic heterocycles. The first-order valence-electron chi connectivity index (χ1n) is 2.51. The van der Waals surface area contributed by atoms with Gasteiger partial charge in [-0.3, -0.25) is 0 Å². The maximum Gasteiger partial charge on any atom is 0.115 e. The molecule has 0 spiro atoms. The molecule has 50 valence electrons. The molecule has 0 N–H and O–H groups in total. The molecule has 0 atom stereocenters. The van der Waals surface area contributed by atoms with E-state index in [1.54, 1.807) is 0 Å². The van der Waals surface area contributed by atoms with Gasteiger partial charge in [0.2, 0.25) is 0 Å². The maximum absolute atomic E-state index is 5.66. The van der Waals surface area contributed by atoms with Crippen LogP contribution in [-0.2, 0) is 0 Å². The van der Waals surface area contributed by atoms with Crippen molar-refractivity contribution >= 4 is 74.4 Å². The molecule has 1 rings (SSSR count). The lowest BCUT2D eigenvalue weighted by atomic mass is 9.97. The summed E-state index contributed by atoms with van der Waals surface area (Å²) in [6, 6.07) is 3.96. The van der Waals surface area contributed by atoms with Gasteiger partial charge in [-0.05, 0) is 67.2 Å². The third-order valence-corrected chi connectivity index (χ3v) is 4.26. The summed E-state index contributed by atoms with van der Waals surface area (Å²) in [5.41, 5.74) is 0.841. The van der Waals surface area contributed by atoms with E-state index in [-0.39, 0.29) is 0 Å². The Morgan fingerprint density at radius 1 is 1.20 bits per heavy atom. The minimum absolute atomic E-state index is 0.841. The van der Waals surface area contributed by atoms with E-state index in [9.17, 15) is 0 Å². The molecule has 1 aromatic rings. The molecule has 0 fully saturated rings. The summed E-state index contributed by atoms with van der Waals surface area (Å²) >= 11 is 7.86. The van der Waals surface area contributed by atoms with Crippen molar-refractivity contribution in [2.24, 2.45) is 0 Å². The summed E-state index contributed by atoms with van der Waals surface area (Å²) in [6.45, 7) is 0. The van der Waals surface area contributed by atoms with Gasteiger partial charge in [0.25, 0.3) is 0 Å². The van der Waals surface area contributed by atoms with Crippen LogP contribution in [0.3, 0.4) is 0 Å². The minimum Gasteiger partial charge on any atom is -0.0825 e. The van der Waals surface area contributed by atoms with Gasteiger partial charge < -0.3 is 0 Å². The molecule has 4 heteroatoms. The summed E-state index contributed by atoms with van der Waals surface area (Å²) in [7, 11) is 5.66. The Kier molecular flexibility index (Phi) is 3.50. The van der Waals surface area contributed by atoms with Gasteiger partial charge in [-0.2, -0.15) is 0 Å². The zero-order chi connectivity index (χ0) is 7.72. The molecule has 0 nitrogen and oxygen atoms in total. The van der Waals surface area contributed by atoms with Crippen LogP contribution in [0.15, 0.2) is 16.6 Å². The van der Waals surface area contributed by atoms with Crippen LogP contribution < -0.4 is 5.46 Å². The molecule has 0 amide bonds. The second-order valence-corrected chi connectivity index (χ2v) is 4.97. The Morgan fingerprint density at radius 2 is 1.80 bits per heavy atom. The van der Waals surface area contributed by atoms with Crippen LogP contribution in [0.25, 0.3) is 0 Å². The topological polar surface area (TPSA) is 0 Å². The van der Waals surface area contributed by atoms with Crippen molar-refractivity contribution in [2.75, 3.05) is 0 Å². The fraction of sp³-hybridized carbons (Fsp3) is 0. The predicted molar refractivity (Wildman–Crippen MR) is 65.0 cm³/mol. The highest BCUT2D eigenvalue weighted by molar-refractivity contribution is 14.1. The SMILES string of the molecule is [B]c1cc(I)c(Br)cc1I. The Hall–Kier alpha value is 1.22. The zero-order valence-corrected chi connectivity index (χ0v) is 10.8. The van der Waals surface area contributed by atoms with Crippen LogP contribution in [0, 0.1) is 7.14 Å². The van der Waals surface area contributed by atoms with E-state index in [1.807, 2.05) is 12.1 Å². The standard InChI is InChI=1S/C6H2BBrI2/c7-3-1-6(10)4(8)2-5(3)9/h1-2H. The van der Waals surface area contributed by atoms with Crippen LogP contribution in [0.2, 0.25) is 0 Å². The quantitative estimate of drug-likeness (QED) is 0.345. The Balaban J connectivity index is 3.28. The van der Waals surface area contributed by atoms with Gasteiger partial charge in [0.1, 0.15) is 7.85 Å². The molecule has 0 saturated carbocycles. The summed E-state index contributed by atoms with van der Waals surface area (Å²) in [4.78, 5) is 0. The smallest absolute Gasteiger partial charge is 0.0825 e. The van der Waals surface area contributed by atoms with Crippen molar-refractivity contribution in [1.82, 2.24) is 0 Å². The van der Waals surface area contributed by atoms with E-state index in [1.165, 1.54) is 0 Å². The van der Waals surface area contributed by atoms with Crippen molar-refractivity contribution in [3.05, 3.63) is 23.7 Å². The van der Waals surface area contributed by atoms with Crippen molar-refractivity contribution < 1.29 is 0 Å². The van der Waals surface area contributed by atoms with Crippen LogP contribution in [0.4, 0.5) is 0 Å². The van der Waals surface area contributed by atoms with Crippen LogP contribution in [-0.4, -0.2) is 7.85 Å². The van der Waals surface area contributed by atoms with Crippen molar-refractivity contribution in [3.8, 4) is 0 Å². The number of halogens is 3. The highest BCUT2D eigenvalue weighted by Crippen LogP contribution is 2.19. The van der Waals surface area contributed by atoms with Crippen LogP contribution >= 0.6 is 61.1 Å². The molecular weight excluding hydrogens is 417 g/mol. The lowest BCUT2D eigenvalue weighted by molar-refractivity contribution is 1.59. The van der Waals surface area contributed by atoms with Crippen molar-refractivity contribution in [1.29, 1.82) is 0 Å². The summed E-state index contributed by atoms with van der Waals surface area (Å²) in [6.07, 6.45) is 0. The second kappa shape index (κ2) is 3.75. The Morgan fingerprint density at radius 3 is 2.30 bits per heavy atom. The van der Waals surface area contributed by atoms with Gasteiger partial charge in [0.15, 0.2) is 0 Å². The lowest BCUT2D eigenvalue weighted by Gasteiger charge is -2.00. The first-order valence-corrected chi connectivity index (χ1v) is 5.46. The molecule has 0 aromatic heterocycles. The lowest BCUT2D eigenvalue weighted by Crippen LogP contribution is -2.07. The zero-order valence-electron chi connectivity index (χ0n) is 4.87. The minimum atomic E-state index is 0.841. The molecule has 2 radical (unpaired) electrons. The normalized spacial score (nSPS) is 9.90. The molecule has 0 aliphatic carbocycles. The molecule has 10 heavy (non-hydrogen) atoms. The molecule has 0 unspecified atom stereocenters. The van der Waals surface area contributed by atoms with Crippen molar-refractivity contribution in [2.45, 2.75) is 0 Å². The predicted octanol–water partition coefficient (Wildman–Crippen LogP) is 2.45. The Bertz CT molecular complexity index is 212. The average molecular weight is 419 g/mol. The molecule has 1 aromatic carbocycles. The summed E-state index contributed by atoms with van der Waals surface area (Å²) < 4.78 is 3.34. The largest absolute Gasteiger partial charge is 0.115 e. The van der Waals surface area contributed by atoms with Gasteiger partial charge in [-0.15, -0.1) is 0 Å². The number of hydrogen-bond donors (Lipinski definition) is 0. The van der Waals surface area contributed by atoms with Gasteiger partial charge >= 0.3 is 0 Å². The van der Waals surface area contributed by atoms with E-state index in [2.05, 4.69) is 61.1 Å². The van der Waals surface area contributed by atoms with Gasteiger partial charge in [-0.25, -0.2) is 0 Å². The van der Waals surface area contributed by atoms with Crippen LogP contribution in [0.5, 0.6) is 0 Å². The number of hydrogen-bond acceptors (Lipinski definition) is 0. The van der Waals surface area contributed by atoms with Crippen LogP contribution in [0.1, 0.15) is 0 Å². The molecule has 0 bridgehead atoms. The third kappa shape index (κ3) is 2.10. The summed E-state index contributed by atoms with van der Waals surface area (Å²) in [5, 5.41) is 0. The molecular formula is C6H2BBrI2. The summed E-state index contributed by atoms with van der Waals surface area (Å²) in [5.74, 6) is 0. The van der Waals surface area contributed by atoms with Gasteiger partial charge in [0.05, 0.1) is 0 Å². The van der Waals surface area contributed by atoms with E-state index < -0.39 is 0 Å². The maximum atomic E-state index is 5.66. The van der Waals surface area contributed by atoms with E-state index in [0.717, 1.165) is 17.1 Å². The highest BCUT2D eigenvalue weighted by Gasteiger charge is 1.98. The highest BCUT2D eigenvalue weighted by atomic mass is 127. The number of benzene rings is 1. The molecule has 0 aliphatic rings. The Labute approximate surface area is 97.0 Å².